The second kappa shape index (κ2) is 8.15. The highest BCUT2D eigenvalue weighted by atomic mass is 35.5. The molecule has 0 radical (unpaired) electrons. The molecule has 0 bridgehead atoms. The van der Waals surface area contributed by atoms with Crippen LogP contribution in [0.3, 0.4) is 0 Å². The minimum absolute atomic E-state index is 0.0808. The minimum Gasteiger partial charge on any atom is -0.326 e. The summed E-state index contributed by atoms with van der Waals surface area (Å²) in [5, 5.41) is 6.19. The van der Waals surface area contributed by atoms with Gasteiger partial charge in [0.15, 0.2) is 5.17 Å². The molecule has 0 aliphatic carbocycles. The van der Waals surface area contributed by atoms with Gasteiger partial charge >= 0.3 is 0 Å². The van der Waals surface area contributed by atoms with Crippen molar-refractivity contribution >= 4 is 51.7 Å². The highest BCUT2D eigenvalue weighted by Gasteiger charge is 2.32. The molecule has 1 heterocycles. The Morgan fingerprint density at radius 2 is 1.96 bits per heavy atom. The molecule has 2 aromatic rings. The predicted octanol–water partition coefficient (Wildman–Crippen LogP) is 4.51. The molecule has 1 aliphatic rings. The summed E-state index contributed by atoms with van der Waals surface area (Å²) < 4.78 is 0. The first-order valence-corrected chi connectivity index (χ1v) is 9.77. The fraction of sp³-hybridized carbons (Fsp3) is 0.250. The van der Waals surface area contributed by atoms with E-state index < -0.39 is 5.25 Å². The molecule has 0 unspecified atom stereocenters. The standard InChI is InChI=1S/C20H20ClN3O2S/c1-11-4-7-16(13(3)8-11)23-18(25)10-17-19(26)24-20(27-17)22-14-6-5-12(2)15(21)9-14/h4-9,17H,10H2,1-3H3,(H,23,25)(H,22,24,26)/t17-/m0/s1. The zero-order chi connectivity index (χ0) is 19.6. The van der Waals surface area contributed by atoms with Crippen LogP contribution in [0, 0.1) is 20.8 Å². The third kappa shape index (κ3) is 4.90. The second-order valence-corrected chi connectivity index (χ2v) is 8.12. The molecule has 7 heteroatoms. The number of hydrogen-bond acceptors (Lipinski definition) is 4. The molecule has 1 fully saturated rings. The van der Waals surface area contributed by atoms with Crippen LogP contribution in [-0.2, 0) is 9.59 Å². The van der Waals surface area contributed by atoms with E-state index in [0.717, 1.165) is 22.4 Å². The number of amides is 2. The van der Waals surface area contributed by atoms with E-state index in [2.05, 4.69) is 15.6 Å². The van der Waals surface area contributed by atoms with Gasteiger partial charge in [0.25, 0.3) is 0 Å². The fourth-order valence-corrected chi connectivity index (χ4v) is 3.85. The minimum atomic E-state index is -0.504. The number of halogens is 1. The molecule has 1 atom stereocenters. The van der Waals surface area contributed by atoms with Gasteiger partial charge in [-0.25, -0.2) is 4.99 Å². The van der Waals surface area contributed by atoms with E-state index in [1.165, 1.54) is 11.8 Å². The topological polar surface area (TPSA) is 70.6 Å². The third-order valence-electron chi connectivity index (χ3n) is 4.19. The van der Waals surface area contributed by atoms with Gasteiger partial charge in [0.1, 0.15) is 5.25 Å². The normalized spacial score (nSPS) is 17.9. The summed E-state index contributed by atoms with van der Waals surface area (Å²) >= 11 is 7.36. The Kier molecular flexibility index (Phi) is 5.87. The van der Waals surface area contributed by atoms with E-state index in [0.29, 0.717) is 15.9 Å². The summed E-state index contributed by atoms with van der Waals surface area (Å²) in [5.41, 5.74) is 4.51. The lowest BCUT2D eigenvalue weighted by Gasteiger charge is -2.10. The Bertz CT molecular complexity index is 943. The zero-order valence-electron chi connectivity index (χ0n) is 15.3. The van der Waals surface area contributed by atoms with Crippen LogP contribution in [-0.4, -0.2) is 22.2 Å². The zero-order valence-corrected chi connectivity index (χ0v) is 16.9. The number of carbonyl (C=O) groups is 2. The molecular weight excluding hydrogens is 382 g/mol. The molecule has 2 aromatic carbocycles. The van der Waals surface area contributed by atoms with Gasteiger partial charge in [-0.05, 0) is 50.1 Å². The van der Waals surface area contributed by atoms with Crippen molar-refractivity contribution in [1.82, 2.24) is 5.32 Å². The van der Waals surface area contributed by atoms with Crippen molar-refractivity contribution in [2.75, 3.05) is 5.32 Å². The van der Waals surface area contributed by atoms with Crippen LogP contribution < -0.4 is 10.6 Å². The Morgan fingerprint density at radius 1 is 1.19 bits per heavy atom. The van der Waals surface area contributed by atoms with Crippen molar-refractivity contribution in [1.29, 1.82) is 0 Å². The van der Waals surface area contributed by atoms with Crippen molar-refractivity contribution in [3.8, 4) is 0 Å². The third-order valence-corrected chi connectivity index (χ3v) is 5.68. The number of anilines is 1. The van der Waals surface area contributed by atoms with Crippen LogP contribution in [0.25, 0.3) is 0 Å². The molecule has 2 amide bonds. The van der Waals surface area contributed by atoms with E-state index in [1.54, 1.807) is 6.07 Å². The molecule has 0 saturated carbocycles. The van der Waals surface area contributed by atoms with Gasteiger partial charge in [-0.3, -0.25) is 9.59 Å². The number of aliphatic imine (C=N–C) groups is 1. The van der Waals surface area contributed by atoms with Crippen molar-refractivity contribution in [3.05, 3.63) is 58.1 Å². The fourth-order valence-electron chi connectivity index (χ4n) is 2.68. The van der Waals surface area contributed by atoms with Gasteiger partial charge in [0, 0.05) is 17.1 Å². The summed E-state index contributed by atoms with van der Waals surface area (Å²) in [5.74, 6) is -0.415. The first-order chi connectivity index (χ1) is 12.8. The number of nitrogens with one attached hydrogen (secondary N) is 2. The maximum absolute atomic E-state index is 12.3. The lowest BCUT2D eigenvalue weighted by atomic mass is 10.1. The van der Waals surface area contributed by atoms with E-state index in [4.69, 9.17) is 11.6 Å². The van der Waals surface area contributed by atoms with Crippen LogP contribution in [0.4, 0.5) is 11.4 Å². The maximum Gasteiger partial charge on any atom is 0.240 e. The van der Waals surface area contributed by atoms with E-state index in [-0.39, 0.29) is 18.2 Å². The van der Waals surface area contributed by atoms with Crippen molar-refractivity contribution < 1.29 is 9.59 Å². The second-order valence-electron chi connectivity index (χ2n) is 6.52. The smallest absolute Gasteiger partial charge is 0.240 e. The van der Waals surface area contributed by atoms with Gasteiger partial charge in [0.2, 0.25) is 11.8 Å². The summed E-state index contributed by atoms with van der Waals surface area (Å²) in [4.78, 5) is 28.9. The van der Waals surface area contributed by atoms with Crippen LogP contribution in [0.5, 0.6) is 0 Å². The number of aryl methyl sites for hydroxylation is 3. The summed E-state index contributed by atoms with van der Waals surface area (Å²) in [6.45, 7) is 5.85. The Labute approximate surface area is 167 Å². The lowest BCUT2D eigenvalue weighted by molar-refractivity contribution is -0.122. The molecule has 2 N–H and O–H groups in total. The molecule has 0 aromatic heterocycles. The first-order valence-electron chi connectivity index (χ1n) is 8.51. The first kappa shape index (κ1) is 19.5. The Hall–Kier alpha value is -2.31. The molecular formula is C20H20ClN3O2S. The highest BCUT2D eigenvalue weighted by Crippen LogP contribution is 2.28. The van der Waals surface area contributed by atoms with Gasteiger partial charge in [-0.15, -0.1) is 0 Å². The molecule has 27 heavy (non-hydrogen) atoms. The highest BCUT2D eigenvalue weighted by molar-refractivity contribution is 8.15. The number of nitrogens with zero attached hydrogens (tertiary/aromatic N) is 1. The number of hydrogen-bond donors (Lipinski definition) is 2. The molecule has 1 saturated heterocycles. The van der Waals surface area contributed by atoms with Crippen LogP contribution in [0.15, 0.2) is 41.4 Å². The summed E-state index contributed by atoms with van der Waals surface area (Å²) in [6.07, 6.45) is 0.0808. The summed E-state index contributed by atoms with van der Waals surface area (Å²) in [7, 11) is 0. The number of thioether (sulfide) groups is 1. The molecule has 140 valence electrons. The maximum atomic E-state index is 12.3. The number of benzene rings is 2. The van der Waals surface area contributed by atoms with Gasteiger partial charge in [0.05, 0.1) is 5.69 Å². The van der Waals surface area contributed by atoms with Gasteiger partial charge in [-0.1, -0.05) is 47.1 Å². The molecule has 1 aliphatic heterocycles. The Balaban J connectivity index is 1.64. The van der Waals surface area contributed by atoms with Crippen LogP contribution >= 0.6 is 23.4 Å². The lowest BCUT2D eigenvalue weighted by Crippen LogP contribution is -2.28. The number of amidine groups is 1. The molecule has 3 rings (SSSR count). The molecule has 0 spiro atoms. The van der Waals surface area contributed by atoms with Crippen LogP contribution in [0.1, 0.15) is 23.1 Å². The van der Waals surface area contributed by atoms with E-state index in [1.807, 2.05) is 51.1 Å². The van der Waals surface area contributed by atoms with Gasteiger partial charge < -0.3 is 10.6 Å². The van der Waals surface area contributed by atoms with Crippen molar-refractivity contribution in [2.45, 2.75) is 32.4 Å². The van der Waals surface area contributed by atoms with Crippen molar-refractivity contribution in [3.63, 3.8) is 0 Å². The average Bonchev–Trinajstić information content (AvgIpc) is 2.93. The molecule has 5 nitrogen and oxygen atoms in total. The quantitative estimate of drug-likeness (QED) is 0.791. The average molecular weight is 402 g/mol. The van der Waals surface area contributed by atoms with Crippen LogP contribution in [0.2, 0.25) is 5.02 Å². The van der Waals surface area contributed by atoms with Gasteiger partial charge in [-0.2, -0.15) is 0 Å². The van der Waals surface area contributed by atoms with E-state index in [9.17, 15) is 9.59 Å². The largest absolute Gasteiger partial charge is 0.326 e. The monoisotopic (exact) mass is 401 g/mol. The van der Waals surface area contributed by atoms with E-state index >= 15 is 0 Å². The Morgan fingerprint density at radius 3 is 2.67 bits per heavy atom. The van der Waals surface area contributed by atoms with Crippen molar-refractivity contribution in [2.24, 2.45) is 4.99 Å². The number of carbonyl (C=O) groups excluding carboxylic acids is 2. The summed E-state index contributed by atoms with van der Waals surface area (Å²) in [6, 6.07) is 11.3. The number of rotatable bonds is 4. The SMILES string of the molecule is Cc1ccc(NC(=O)C[C@@H]2SC(=Nc3ccc(C)c(Cl)c3)NC2=O)c(C)c1. The predicted molar refractivity (Wildman–Crippen MR) is 112 cm³/mol.